The minimum Gasteiger partial charge on any atom is -0.325 e. The van der Waals surface area contributed by atoms with Crippen molar-refractivity contribution < 1.29 is 9.59 Å². The van der Waals surface area contributed by atoms with E-state index < -0.39 is 0 Å². The number of nitrogens with one attached hydrogen (secondary N) is 1. The van der Waals surface area contributed by atoms with Crippen LogP contribution in [0, 0.1) is 0 Å². The number of hydrogen-bond acceptors (Lipinski definition) is 3. The molecule has 0 saturated carbocycles. The molecule has 1 amide bonds. The van der Waals surface area contributed by atoms with Crippen LogP contribution < -0.4 is 5.32 Å². The molecule has 5 heteroatoms. The lowest BCUT2D eigenvalue weighted by Gasteiger charge is -2.34. The average Bonchev–Trinajstić information content (AvgIpc) is 2.43. The van der Waals surface area contributed by atoms with Crippen molar-refractivity contribution in [1.82, 2.24) is 4.90 Å². The van der Waals surface area contributed by atoms with Crippen LogP contribution >= 0.6 is 11.6 Å². The first kappa shape index (κ1) is 16.0. The summed E-state index contributed by atoms with van der Waals surface area (Å²) < 4.78 is 0. The fourth-order valence-electron chi connectivity index (χ4n) is 2.75. The third-order valence-electron chi connectivity index (χ3n) is 3.75. The summed E-state index contributed by atoms with van der Waals surface area (Å²) in [6, 6.07) is 7.26. The number of amides is 1. The second-order valence-corrected chi connectivity index (χ2v) is 6.02. The number of anilines is 1. The zero-order valence-corrected chi connectivity index (χ0v) is 13.0. The third-order valence-corrected chi connectivity index (χ3v) is 4.00. The summed E-state index contributed by atoms with van der Waals surface area (Å²) in [6.45, 7) is 2.83. The predicted molar refractivity (Wildman–Crippen MR) is 84.6 cm³/mol. The predicted octanol–water partition coefficient (Wildman–Crippen LogP) is 3.11. The smallest absolute Gasteiger partial charge is 0.238 e. The quantitative estimate of drug-likeness (QED) is 0.909. The van der Waals surface area contributed by atoms with E-state index in [1.807, 2.05) is 0 Å². The molecule has 1 atom stereocenters. The Balaban J connectivity index is 1.90. The molecule has 114 valence electrons. The number of ketones is 1. The van der Waals surface area contributed by atoms with Gasteiger partial charge in [0.15, 0.2) is 0 Å². The molecule has 0 aromatic heterocycles. The van der Waals surface area contributed by atoms with Gasteiger partial charge in [0.1, 0.15) is 5.78 Å². The second-order valence-electron chi connectivity index (χ2n) is 5.58. The zero-order chi connectivity index (χ0) is 15.2. The Hall–Kier alpha value is -1.39. The number of carbonyl (C=O) groups excluding carboxylic acids is 2. The average molecular weight is 309 g/mol. The second kappa shape index (κ2) is 7.57. The number of halogens is 1. The Labute approximate surface area is 130 Å². The van der Waals surface area contributed by atoms with E-state index in [0.717, 1.165) is 31.5 Å². The normalized spacial score (nSPS) is 19.2. The molecule has 1 heterocycles. The van der Waals surface area contributed by atoms with E-state index in [4.69, 9.17) is 11.6 Å². The van der Waals surface area contributed by atoms with Crippen molar-refractivity contribution in [2.75, 3.05) is 18.4 Å². The van der Waals surface area contributed by atoms with E-state index in [9.17, 15) is 9.59 Å². The number of carbonyl (C=O) groups is 2. The molecule has 1 fully saturated rings. The molecular formula is C16H21ClN2O2. The van der Waals surface area contributed by atoms with Crippen LogP contribution in [-0.4, -0.2) is 35.7 Å². The summed E-state index contributed by atoms with van der Waals surface area (Å²) in [5, 5.41) is 3.51. The van der Waals surface area contributed by atoms with Gasteiger partial charge in [-0.2, -0.15) is 0 Å². The fourth-order valence-corrected chi connectivity index (χ4v) is 2.88. The van der Waals surface area contributed by atoms with Gasteiger partial charge in [-0.1, -0.05) is 18.0 Å². The van der Waals surface area contributed by atoms with Crippen LogP contribution in [-0.2, 0) is 9.59 Å². The third kappa shape index (κ3) is 5.14. The Morgan fingerprint density at radius 3 is 2.67 bits per heavy atom. The first-order valence-electron chi connectivity index (χ1n) is 7.33. The molecular weight excluding hydrogens is 288 g/mol. The zero-order valence-electron chi connectivity index (χ0n) is 12.3. The van der Waals surface area contributed by atoms with Gasteiger partial charge in [0.25, 0.3) is 0 Å². The monoisotopic (exact) mass is 308 g/mol. The van der Waals surface area contributed by atoms with E-state index >= 15 is 0 Å². The van der Waals surface area contributed by atoms with E-state index in [0.29, 0.717) is 18.0 Å². The highest BCUT2D eigenvalue weighted by Crippen LogP contribution is 2.20. The van der Waals surface area contributed by atoms with Crippen LogP contribution in [0.5, 0.6) is 0 Å². The van der Waals surface area contributed by atoms with Crippen molar-refractivity contribution in [1.29, 1.82) is 0 Å². The highest BCUT2D eigenvalue weighted by Gasteiger charge is 2.25. The molecule has 4 nitrogen and oxygen atoms in total. The maximum absolute atomic E-state index is 12.1. The lowest BCUT2D eigenvalue weighted by atomic mass is 9.98. The summed E-state index contributed by atoms with van der Waals surface area (Å²) in [6.07, 6.45) is 3.75. The standard InChI is InChI=1S/C16H21ClN2O2/c1-12(20)10-15-4-2-3-9-19(15)11-16(21)18-14-7-5-13(17)6-8-14/h5-8,15H,2-4,9-11H2,1H3,(H,18,21). The number of rotatable bonds is 5. The number of piperidine rings is 1. The summed E-state index contributed by atoms with van der Waals surface area (Å²) in [5.41, 5.74) is 0.740. The molecule has 21 heavy (non-hydrogen) atoms. The Morgan fingerprint density at radius 2 is 2.00 bits per heavy atom. The van der Waals surface area contributed by atoms with E-state index in [-0.39, 0.29) is 17.7 Å². The van der Waals surface area contributed by atoms with Gasteiger partial charge in [-0.15, -0.1) is 0 Å². The van der Waals surface area contributed by atoms with Gasteiger partial charge in [-0.05, 0) is 50.6 Å². The Kier molecular flexibility index (Phi) is 5.76. The largest absolute Gasteiger partial charge is 0.325 e. The molecule has 1 aliphatic heterocycles. The topological polar surface area (TPSA) is 49.4 Å². The van der Waals surface area contributed by atoms with Gasteiger partial charge in [-0.3, -0.25) is 14.5 Å². The summed E-state index contributed by atoms with van der Waals surface area (Å²) in [5.74, 6) is 0.137. The van der Waals surface area contributed by atoms with E-state index in [2.05, 4.69) is 10.2 Å². The molecule has 1 aromatic rings. The number of hydrogen-bond donors (Lipinski definition) is 1. The first-order valence-corrected chi connectivity index (χ1v) is 7.71. The molecule has 0 radical (unpaired) electrons. The van der Waals surface area contributed by atoms with Crippen molar-refractivity contribution >= 4 is 29.0 Å². The Bertz CT molecular complexity index is 502. The SMILES string of the molecule is CC(=O)CC1CCCCN1CC(=O)Nc1ccc(Cl)cc1. The minimum absolute atomic E-state index is 0.0484. The minimum atomic E-state index is -0.0484. The van der Waals surface area contributed by atoms with Crippen LogP contribution in [0.3, 0.4) is 0 Å². The van der Waals surface area contributed by atoms with Crippen LogP contribution in [0.2, 0.25) is 5.02 Å². The molecule has 0 spiro atoms. The van der Waals surface area contributed by atoms with Gasteiger partial charge in [0.2, 0.25) is 5.91 Å². The molecule has 1 aliphatic rings. The van der Waals surface area contributed by atoms with Gasteiger partial charge in [-0.25, -0.2) is 0 Å². The molecule has 1 unspecified atom stereocenters. The highest BCUT2D eigenvalue weighted by atomic mass is 35.5. The first-order chi connectivity index (χ1) is 10.0. The summed E-state index contributed by atoms with van der Waals surface area (Å²) >= 11 is 5.82. The fraction of sp³-hybridized carbons (Fsp3) is 0.500. The molecule has 1 N–H and O–H groups in total. The van der Waals surface area contributed by atoms with Crippen LogP contribution in [0.15, 0.2) is 24.3 Å². The van der Waals surface area contributed by atoms with Crippen molar-refractivity contribution in [2.24, 2.45) is 0 Å². The van der Waals surface area contributed by atoms with Gasteiger partial charge in [0.05, 0.1) is 6.54 Å². The maximum atomic E-state index is 12.1. The van der Waals surface area contributed by atoms with Gasteiger partial charge < -0.3 is 5.32 Å². The molecule has 0 aliphatic carbocycles. The number of likely N-dealkylation sites (tertiary alicyclic amines) is 1. The number of Topliss-reactive ketones (excluding diaryl/α,β-unsaturated/α-hetero) is 1. The van der Waals surface area contributed by atoms with Crippen molar-refractivity contribution in [3.05, 3.63) is 29.3 Å². The highest BCUT2D eigenvalue weighted by molar-refractivity contribution is 6.30. The van der Waals surface area contributed by atoms with E-state index in [1.54, 1.807) is 31.2 Å². The molecule has 1 saturated heterocycles. The molecule has 2 rings (SSSR count). The Morgan fingerprint density at radius 1 is 1.29 bits per heavy atom. The lowest BCUT2D eigenvalue weighted by molar-refractivity contribution is -0.121. The van der Waals surface area contributed by atoms with Crippen LogP contribution in [0.4, 0.5) is 5.69 Å². The van der Waals surface area contributed by atoms with Gasteiger partial charge in [0, 0.05) is 23.2 Å². The van der Waals surface area contributed by atoms with E-state index in [1.165, 1.54) is 0 Å². The van der Waals surface area contributed by atoms with Crippen LogP contribution in [0.25, 0.3) is 0 Å². The molecule has 1 aromatic carbocycles. The van der Waals surface area contributed by atoms with Crippen molar-refractivity contribution in [3.8, 4) is 0 Å². The van der Waals surface area contributed by atoms with Crippen molar-refractivity contribution in [3.63, 3.8) is 0 Å². The number of benzene rings is 1. The number of nitrogens with zero attached hydrogens (tertiary/aromatic N) is 1. The van der Waals surface area contributed by atoms with Gasteiger partial charge >= 0.3 is 0 Å². The summed E-state index contributed by atoms with van der Waals surface area (Å²) in [4.78, 5) is 25.6. The molecule has 0 bridgehead atoms. The van der Waals surface area contributed by atoms with Crippen molar-refractivity contribution in [2.45, 2.75) is 38.6 Å². The maximum Gasteiger partial charge on any atom is 0.238 e. The van der Waals surface area contributed by atoms with Crippen LogP contribution in [0.1, 0.15) is 32.6 Å². The lowest BCUT2D eigenvalue weighted by Crippen LogP contribution is -2.44. The summed E-state index contributed by atoms with van der Waals surface area (Å²) in [7, 11) is 0.